The standard InChI is InChI=1S/C9H10ClNO5/c1-15-6(9(13)14)4-11-8(12)5-2-3-16-7(5)10/h2-3,6H,4H2,1H3,(H,11,12)(H,13,14). The van der Waals surface area contributed by atoms with Crippen LogP contribution in [-0.4, -0.2) is 36.7 Å². The summed E-state index contributed by atoms with van der Waals surface area (Å²) in [6.07, 6.45) is 0.178. The van der Waals surface area contributed by atoms with Gasteiger partial charge in [-0.05, 0) is 17.7 Å². The van der Waals surface area contributed by atoms with Crippen LogP contribution in [0, 0.1) is 0 Å². The molecule has 1 unspecified atom stereocenters. The molecule has 6 nitrogen and oxygen atoms in total. The van der Waals surface area contributed by atoms with Crippen molar-refractivity contribution in [2.45, 2.75) is 6.10 Å². The number of furan rings is 1. The summed E-state index contributed by atoms with van der Waals surface area (Å²) >= 11 is 5.57. The quantitative estimate of drug-likeness (QED) is 0.802. The van der Waals surface area contributed by atoms with Crippen molar-refractivity contribution in [3.8, 4) is 0 Å². The zero-order chi connectivity index (χ0) is 12.1. The number of carboxylic acids is 1. The number of rotatable bonds is 5. The van der Waals surface area contributed by atoms with Crippen LogP contribution >= 0.6 is 11.6 Å². The second-order valence-electron chi connectivity index (χ2n) is 2.88. The maximum Gasteiger partial charge on any atom is 0.334 e. The molecule has 0 aliphatic heterocycles. The molecule has 7 heteroatoms. The molecular weight excluding hydrogens is 238 g/mol. The predicted molar refractivity (Wildman–Crippen MR) is 54.5 cm³/mol. The van der Waals surface area contributed by atoms with Crippen LogP contribution in [0.4, 0.5) is 0 Å². The number of ether oxygens (including phenoxy) is 1. The maximum atomic E-state index is 11.5. The van der Waals surface area contributed by atoms with E-state index in [1.807, 2.05) is 0 Å². The zero-order valence-electron chi connectivity index (χ0n) is 8.40. The molecule has 1 aromatic heterocycles. The molecule has 1 amide bonds. The molecule has 0 saturated carbocycles. The molecule has 88 valence electrons. The zero-order valence-corrected chi connectivity index (χ0v) is 9.15. The summed E-state index contributed by atoms with van der Waals surface area (Å²) in [5, 5.41) is 11.0. The summed E-state index contributed by atoms with van der Waals surface area (Å²) in [5.74, 6) is -1.66. The average molecular weight is 248 g/mol. The first kappa shape index (κ1) is 12.5. The van der Waals surface area contributed by atoms with Crippen molar-refractivity contribution in [2.75, 3.05) is 13.7 Å². The monoisotopic (exact) mass is 247 g/mol. The molecule has 1 rings (SSSR count). The van der Waals surface area contributed by atoms with Gasteiger partial charge in [0.1, 0.15) is 0 Å². The van der Waals surface area contributed by atoms with E-state index in [0.717, 1.165) is 0 Å². The fourth-order valence-electron chi connectivity index (χ4n) is 1.01. The highest BCUT2D eigenvalue weighted by Gasteiger charge is 2.19. The Morgan fingerprint density at radius 2 is 2.38 bits per heavy atom. The average Bonchev–Trinajstić information content (AvgIpc) is 2.64. The Hall–Kier alpha value is -1.53. The first-order chi connectivity index (χ1) is 7.56. The highest BCUT2D eigenvalue weighted by molar-refractivity contribution is 6.32. The van der Waals surface area contributed by atoms with Gasteiger partial charge in [-0.3, -0.25) is 4.79 Å². The van der Waals surface area contributed by atoms with Crippen LogP contribution in [-0.2, 0) is 9.53 Å². The molecule has 0 aliphatic rings. The van der Waals surface area contributed by atoms with E-state index in [9.17, 15) is 9.59 Å². The molecule has 1 heterocycles. The van der Waals surface area contributed by atoms with Gasteiger partial charge in [0.25, 0.3) is 5.91 Å². The molecule has 0 aromatic carbocycles. The normalized spacial score (nSPS) is 12.1. The number of halogens is 1. The molecule has 2 N–H and O–H groups in total. The smallest absolute Gasteiger partial charge is 0.334 e. The van der Waals surface area contributed by atoms with E-state index in [1.54, 1.807) is 0 Å². The van der Waals surface area contributed by atoms with Crippen LogP contribution in [0.3, 0.4) is 0 Å². The third-order valence-electron chi connectivity index (χ3n) is 1.87. The van der Waals surface area contributed by atoms with Gasteiger partial charge in [0.2, 0.25) is 5.22 Å². The fraction of sp³-hybridized carbons (Fsp3) is 0.333. The lowest BCUT2D eigenvalue weighted by Gasteiger charge is -2.10. The van der Waals surface area contributed by atoms with Gasteiger partial charge in [-0.2, -0.15) is 0 Å². The van der Waals surface area contributed by atoms with Crippen LogP contribution < -0.4 is 5.32 Å². The largest absolute Gasteiger partial charge is 0.479 e. The van der Waals surface area contributed by atoms with E-state index >= 15 is 0 Å². The Labute approximate surface area is 96.1 Å². The third-order valence-corrected chi connectivity index (χ3v) is 2.16. The van der Waals surface area contributed by atoms with E-state index in [0.29, 0.717) is 0 Å². The number of hydrogen-bond donors (Lipinski definition) is 2. The first-order valence-corrected chi connectivity index (χ1v) is 4.71. The number of nitrogens with one attached hydrogen (secondary N) is 1. The number of carboxylic acid groups (broad SMARTS) is 1. The molecular formula is C9H10ClNO5. The molecule has 0 bridgehead atoms. The molecule has 0 saturated heterocycles. The van der Waals surface area contributed by atoms with Gasteiger partial charge in [0, 0.05) is 7.11 Å². The summed E-state index contributed by atoms with van der Waals surface area (Å²) in [4.78, 5) is 22.0. The Morgan fingerprint density at radius 1 is 1.69 bits per heavy atom. The van der Waals surface area contributed by atoms with Crippen molar-refractivity contribution < 1.29 is 23.8 Å². The third kappa shape index (κ3) is 2.98. The molecule has 0 fully saturated rings. The van der Waals surface area contributed by atoms with Gasteiger partial charge in [-0.1, -0.05) is 0 Å². The summed E-state index contributed by atoms with van der Waals surface area (Å²) in [6, 6.07) is 1.39. The van der Waals surface area contributed by atoms with E-state index in [1.165, 1.54) is 19.4 Å². The van der Waals surface area contributed by atoms with Crippen molar-refractivity contribution in [3.05, 3.63) is 23.1 Å². The summed E-state index contributed by atoms with van der Waals surface area (Å²) in [6.45, 7) is -0.147. The van der Waals surface area contributed by atoms with Crippen molar-refractivity contribution >= 4 is 23.5 Å². The van der Waals surface area contributed by atoms with Crippen LogP contribution in [0.5, 0.6) is 0 Å². The predicted octanol–water partition coefficient (Wildman–Crippen LogP) is 0.762. The Morgan fingerprint density at radius 3 is 2.81 bits per heavy atom. The number of amides is 1. The van der Waals surface area contributed by atoms with Crippen LogP contribution in [0.25, 0.3) is 0 Å². The highest BCUT2D eigenvalue weighted by atomic mass is 35.5. The lowest BCUT2D eigenvalue weighted by Crippen LogP contribution is -2.37. The molecule has 1 aromatic rings. The Kier molecular flexibility index (Phi) is 4.33. The van der Waals surface area contributed by atoms with Gasteiger partial charge >= 0.3 is 5.97 Å². The number of hydrogen-bond acceptors (Lipinski definition) is 4. The minimum absolute atomic E-state index is 0.0400. The first-order valence-electron chi connectivity index (χ1n) is 4.33. The van der Waals surface area contributed by atoms with E-state index in [4.69, 9.17) is 21.1 Å². The Bertz CT molecular complexity index is 389. The maximum absolute atomic E-state index is 11.5. The van der Waals surface area contributed by atoms with Gasteiger partial charge in [0.15, 0.2) is 6.10 Å². The highest BCUT2D eigenvalue weighted by Crippen LogP contribution is 2.15. The van der Waals surface area contributed by atoms with Gasteiger partial charge in [0.05, 0.1) is 18.4 Å². The van der Waals surface area contributed by atoms with E-state index in [2.05, 4.69) is 10.1 Å². The second-order valence-corrected chi connectivity index (χ2v) is 3.22. The van der Waals surface area contributed by atoms with E-state index in [-0.39, 0.29) is 17.3 Å². The number of aliphatic carboxylic acids is 1. The molecule has 0 aliphatic carbocycles. The van der Waals surface area contributed by atoms with E-state index < -0.39 is 18.0 Å². The van der Waals surface area contributed by atoms with Gasteiger partial charge in [-0.15, -0.1) is 0 Å². The van der Waals surface area contributed by atoms with Crippen molar-refractivity contribution in [1.29, 1.82) is 0 Å². The van der Waals surface area contributed by atoms with Crippen molar-refractivity contribution in [3.63, 3.8) is 0 Å². The van der Waals surface area contributed by atoms with Gasteiger partial charge in [-0.25, -0.2) is 4.79 Å². The second kappa shape index (κ2) is 5.53. The lowest BCUT2D eigenvalue weighted by atomic mass is 10.3. The minimum Gasteiger partial charge on any atom is -0.479 e. The molecule has 0 spiro atoms. The number of carbonyl (C=O) groups is 2. The van der Waals surface area contributed by atoms with Gasteiger partial charge < -0.3 is 19.6 Å². The summed E-state index contributed by atoms with van der Waals surface area (Å²) in [5.41, 5.74) is 0.155. The minimum atomic E-state index is -1.15. The molecule has 1 atom stereocenters. The Balaban J connectivity index is 2.53. The number of methoxy groups -OCH3 is 1. The lowest BCUT2D eigenvalue weighted by molar-refractivity contribution is -0.147. The molecule has 16 heavy (non-hydrogen) atoms. The van der Waals surface area contributed by atoms with Crippen LogP contribution in [0.1, 0.15) is 10.4 Å². The van der Waals surface area contributed by atoms with Crippen molar-refractivity contribution in [2.24, 2.45) is 0 Å². The van der Waals surface area contributed by atoms with Crippen molar-refractivity contribution in [1.82, 2.24) is 5.32 Å². The number of carbonyl (C=O) groups excluding carboxylic acids is 1. The summed E-state index contributed by atoms with van der Waals surface area (Å²) < 4.78 is 9.36. The fourth-order valence-corrected chi connectivity index (χ4v) is 1.21. The SMILES string of the molecule is COC(CNC(=O)c1ccoc1Cl)C(=O)O. The molecule has 0 radical (unpaired) electrons. The summed E-state index contributed by atoms with van der Waals surface area (Å²) in [7, 11) is 1.25. The van der Waals surface area contributed by atoms with Crippen LogP contribution in [0.15, 0.2) is 16.7 Å². The van der Waals surface area contributed by atoms with Crippen LogP contribution in [0.2, 0.25) is 5.22 Å². The topological polar surface area (TPSA) is 88.8 Å².